The monoisotopic (exact) mass is 337 g/mol. The zero-order valence-electron chi connectivity index (χ0n) is 14.4. The average Bonchev–Trinajstić information content (AvgIpc) is 2.68. The smallest absolute Gasteiger partial charge is 0.137 e. The lowest BCUT2D eigenvalue weighted by molar-refractivity contribution is -0.908. The van der Waals surface area contributed by atoms with E-state index in [-0.39, 0.29) is 0 Å². The summed E-state index contributed by atoms with van der Waals surface area (Å²) in [5, 5.41) is 19.0. The van der Waals surface area contributed by atoms with Crippen molar-refractivity contribution in [3.8, 4) is 22.9 Å². The minimum absolute atomic E-state index is 0.333. The summed E-state index contributed by atoms with van der Waals surface area (Å²) in [4.78, 5) is 1.48. The quantitative estimate of drug-likeness (QED) is 0.848. The van der Waals surface area contributed by atoms with Crippen molar-refractivity contribution in [2.45, 2.75) is 25.4 Å². The molecule has 25 heavy (non-hydrogen) atoms. The van der Waals surface area contributed by atoms with Crippen LogP contribution in [0, 0.1) is 11.3 Å². The molecule has 3 rings (SSSR count). The van der Waals surface area contributed by atoms with Crippen molar-refractivity contribution < 1.29 is 14.7 Å². The number of hydrogen-bond acceptors (Lipinski definition) is 3. The van der Waals surface area contributed by atoms with E-state index >= 15 is 0 Å². The van der Waals surface area contributed by atoms with Crippen molar-refractivity contribution >= 4 is 0 Å². The third kappa shape index (κ3) is 5.06. The van der Waals surface area contributed by atoms with Crippen molar-refractivity contribution in [1.29, 1.82) is 5.26 Å². The van der Waals surface area contributed by atoms with Crippen LogP contribution in [0.25, 0.3) is 11.1 Å². The lowest BCUT2D eigenvalue weighted by atomic mass is 10.0. The molecule has 0 unspecified atom stereocenters. The molecule has 130 valence electrons. The first kappa shape index (κ1) is 17.5. The van der Waals surface area contributed by atoms with E-state index < -0.39 is 6.10 Å². The van der Waals surface area contributed by atoms with Crippen molar-refractivity contribution in [1.82, 2.24) is 0 Å². The predicted molar refractivity (Wildman–Crippen MR) is 97.5 cm³/mol. The third-order valence-corrected chi connectivity index (χ3v) is 4.73. The minimum atomic E-state index is -0.425. The number of nitriles is 1. The molecule has 2 N–H and O–H groups in total. The number of benzene rings is 2. The van der Waals surface area contributed by atoms with Crippen LogP contribution < -0.4 is 9.64 Å². The Labute approximate surface area is 149 Å². The Kier molecular flexibility index (Phi) is 6.05. The molecule has 0 amide bonds. The van der Waals surface area contributed by atoms with Crippen LogP contribution in [0.2, 0.25) is 0 Å². The molecule has 1 saturated heterocycles. The number of aliphatic hydroxyl groups is 1. The van der Waals surface area contributed by atoms with Crippen molar-refractivity contribution in [3.05, 3.63) is 54.1 Å². The highest BCUT2D eigenvalue weighted by Crippen LogP contribution is 2.22. The van der Waals surface area contributed by atoms with Crippen LogP contribution in [-0.2, 0) is 0 Å². The SMILES string of the molecule is N#Cc1ccc(-c2ccc(OC[C@H](O)C[NH+]3CCCCC3)cc2)cc1. The number of quaternary nitrogens is 1. The molecular weight excluding hydrogens is 312 g/mol. The maximum absolute atomic E-state index is 10.2. The number of likely N-dealkylation sites (tertiary alicyclic amines) is 1. The third-order valence-electron chi connectivity index (χ3n) is 4.73. The molecule has 0 aliphatic carbocycles. The van der Waals surface area contributed by atoms with Gasteiger partial charge in [-0.3, -0.25) is 0 Å². The van der Waals surface area contributed by atoms with Gasteiger partial charge in [0.1, 0.15) is 25.0 Å². The zero-order chi connectivity index (χ0) is 17.5. The summed E-state index contributed by atoms with van der Waals surface area (Å²) in [6, 6.07) is 17.5. The number of nitrogens with one attached hydrogen (secondary N) is 1. The van der Waals surface area contributed by atoms with Crippen LogP contribution in [-0.4, -0.2) is 37.5 Å². The second-order valence-electron chi connectivity index (χ2n) is 6.69. The first-order chi connectivity index (χ1) is 12.2. The van der Waals surface area contributed by atoms with Gasteiger partial charge in [0, 0.05) is 0 Å². The minimum Gasteiger partial charge on any atom is -0.491 e. The van der Waals surface area contributed by atoms with E-state index in [1.165, 1.54) is 24.2 Å². The van der Waals surface area contributed by atoms with Crippen molar-refractivity contribution in [3.63, 3.8) is 0 Å². The fraction of sp³-hybridized carbons (Fsp3) is 0.381. The molecule has 0 saturated carbocycles. The van der Waals surface area contributed by atoms with E-state index in [4.69, 9.17) is 10.00 Å². The second-order valence-corrected chi connectivity index (χ2v) is 6.69. The number of rotatable bonds is 6. The Balaban J connectivity index is 1.50. The fourth-order valence-electron chi connectivity index (χ4n) is 3.32. The molecule has 0 bridgehead atoms. The number of ether oxygens (including phenoxy) is 1. The van der Waals surface area contributed by atoms with Gasteiger partial charge in [-0.1, -0.05) is 24.3 Å². The van der Waals surface area contributed by atoms with Gasteiger partial charge in [-0.2, -0.15) is 5.26 Å². The van der Waals surface area contributed by atoms with Crippen LogP contribution in [0.15, 0.2) is 48.5 Å². The molecule has 1 heterocycles. The predicted octanol–water partition coefficient (Wildman–Crippen LogP) is 2.03. The van der Waals surface area contributed by atoms with E-state index in [1.54, 1.807) is 0 Å². The van der Waals surface area contributed by atoms with Gasteiger partial charge in [0.05, 0.1) is 24.7 Å². The second kappa shape index (κ2) is 8.66. The highest BCUT2D eigenvalue weighted by molar-refractivity contribution is 5.64. The zero-order valence-corrected chi connectivity index (χ0v) is 14.4. The van der Waals surface area contributed by atoms with Crippen LogP contribution in [0.3, 0.4) is 0 Å². The highest BCUT2D eigenvalue weighted by Gasteiger charge is 2.18. The van der Waals surface area contributed by atoms with E-state index in [0.717, 1.165) is 36.5 Å². The first-order valence-electron chi connectivity index (χ1n) is 8.99. The maximum Gasteiger partial charge on any atom is 0.137 e. The molecule has 4 heteroatoms. The molecule has 1 atom stereocenters. The van der Waals surface area contributed by atoms with Gasteiger partial charge in [-0.05, 0) is 54.7 Å². The molecule has 1 aliphatic rings. The van der Waals surface area contributed by atoms with Crippen molar-refractivity contribution in [2.75, 3.05) is 26.2 Å². The summed E-state index contributed by atoms with van der Waals surface area (Å²) < 4.78 is 5.73. The lowest BCUT2D eigenvalue weighted by Crippen LogP contribution is -3.14. The fourth-order valence-corrected chi connectivity index (χ4v) is 3.32. The van der Waals surface area contributed by atoms with Gasteiger partial charge in [0.25, 0.3) is 0 Å². The highest BCUT2D eigenvalue weighted by atomic mass is 16.5. The van der Waals surface area contributed by atoms with Gasteiger partial charge in [-0.25, -0.2) is 0 Å². The summed E-state index contributed by atoms with van der Waals surface area (Å²) in [5.41, 5.74) is 2.81. The number of piperidine rings is 1. The van der Waals surface area contributed by atoms with Gasteiger partial charge < -0.3 is 14.7 Å². The van der Waals surface area contributed by atoms with E-state index in [9.17, 15) is 5.11 Å². The number of aliphatic hydroxyl groups excluding tert-OH is 1. The van der Waals surface area contributed by atoms with Crippen LogP contribution in [0.4, 0.5) is 0 Å². The van der Waals surface area contributed by atoms with Gasteiger partial charge in [0.15, 0.2) is 0 Å². The Morgan fingerprint density at radius 1 is 0.960 bits per heavy atom. The summed E-state index contributed by atoms with van der Waals surface area (Å²) in [7, 11) is 0. The normalized spacial score (nSPS) is 16.2. The molecular formula is C21H25N2O2+. The summed E-state index contributed by atoms with van der Waals surface area (Å²) in [5.74, 6) is 0.769. The topological polar surface area (TPSA) is 57.7 Å². The molecule has 1 fully saturated rings. The largest absolute Gasteiger partial charge is 0.491 e. The van der Waals surface area contributed by atoms with Gasteiger partial charge >= 0.3 is 0 Å². The number of hydrogen-bond donors (Lipinski definition) is 2. The van der Waals surface area contributed by atoms with Gasteiger partial charge in [-0.15, -0.1) is 0 Å². The Morgan fingerprint density at radius 3 is 2.16 bits per heavy atom. The summed E-state index contributed by atoms with van der Waals surface area (Å²) in [6.45, 7) is 3.43. The Morgan fingerprint density at radius 2 is 1.56 bits per heavy atom. The first-order valence-corrected chi connectivity index (χ1v) is 8.99. The molecule has 0 radical (unpaired) electrons. The maximum atomic E-state index is 10.2. The number of nitrogens with zero attached hydrogens (tertiary/aromatic N) is 1. The molecule has 4 nitrogen and oxygen atoms in total. The molecule has 0 spiro atoms. The Hall–Kier alpha value is -2.35. The molecule has 2 aromatic rings. The average molecular weight is 337 g/mol. The summed E-state index contributed by atoms with van der Waals surface area (Å²) in [6.07, 6.45) is 3.42. The Bertz CT molecular complexity index is 698. The van der Waals surface area contributed by atoms with Crippen LogP contribution >= 0.6 is 0 Å². The standard InChI is InChI=1S/C21H24N2O2/c22-14-17-4-6-18(7-5-17)19-8-10-21(11-9-19)25-16-20(24)15-23-12-2-1-3-13-23/h4-11,20,24H,1-3,12-13,15-16H2/p+1/t20-/m1/s1. The lowest BCUT2D eigenvalue weighted by Gasteiger charge is -2.25. The van der Waals surface area contributed by atoms with E-state index in [0.29, 0.717) is 12.2 Å². The van der Waals surface area contributed by atoms with Crippen LogP contribution in [0.1, 0.15) is 24.8 Å². The molecule has 2 aromatic carbocycles. The molecule has 0 aromatic heterocycles. The van der Waals surface area contributed by atoms with E-state index in [2.05, 4.69) is 6.07 Å². The van der Waals surface area contributed by atoms with Gasteiger partial charge in [0.2, 0.25) is 0 Å². The summed E-state index contributed by atoms with van der Waals surface area (Å²) >= 11 is 0. The van der Waals surface area contributed by atoms with E-state index in [1.807, 2.05) is 48.5 Å². The van der Waals surface area contributed by atoms with Crippen molar-refractivity contribution in [2.24, 2.45) is 0 Å². The molecule has 1 aliphatic heterocycles. The van der Waals surface area contributed by atoms with Crippen LogP contribution in [0.5, 0.6) is 5.75 Å².